The summed E-state index contributed by atoms with van der Waals surface area (Å²) in [6, 6.07) is 13.7. The molecule has 0 N–H and O–H groups in total. The summed E-state index contributed by atoms with van der Waals surface area (Å²) in [5, 5.41) is 14.2. The lowest BCUT2D eigenvalue weighted by atomic mass is 10.2. The number of halogens is 2. The third-order valence-corrected chi connectivity index (χ3v) is 4.96. The fourth-order valence-corrected chi connectivity index (χ4v) is 3.29. The van der Waals surface area contributed by atoms with Gasteiger partial charge in [-0.25, -0.2) is 0 Å². The molecule has 0 radical (unpaired) electrons. The van der Waals surface area contributed by atoms with Gasteiger partial charge in [-0.2, -0.15) is 9.78 Å². The average Bonchev–Trinajstić information content (AvgIpc) is 3.01. The van der Waals surface area contributed by atoms with Crippen molar-refractivity contribution < 1.29 is 0 Å². The first-order valence-electron chi connectivity index (χ1n) is 7.20. The van der Waals surface area contributed by atoms with Crippen molar-refractivity contribution in [2.75, 3.05) is 0 Å². The zero-order valence-electron chi connectivity index (χ0n) is 12.9. The number of aromatic nitrogens is 3. The third-order valence-electron chi connectivity index (χ3n) is 3.30. The van der Waals surface area contributed by atoms with Gasteiger partial charge in [0.15, 0.2) is 0 Å². The second kappa shape index (κ2) is 7.83. The van der Waals surface area contributed by atoms with Crippen LogP contribution in [0.15, 0.2) is 59.0 Å². The molecule has 1 aromatic heterocycles. The smallest absolute Gasteiger partial charge is 0.195 e. The van der Waals surface area contributed by atoms with Gasteiger partial charge in [-0.1, -0.05) is 70.9 Å². The Morgan fingerprint density at radius 2 is 1.83 bits per heavy atom. The number of nitrogens with zero attached hydrogens (tertiary/aromatic N) is 4. The normalized spacial score (nSPS) is 11.3. The van der Waals surface area contributed by atoms with E-state index in [2.05, 4.69) is 46.5 Å². The maximum absolute atomic E-state index is 6.14. The average molecular weight is 377 g/mol. The molecule has 3 rings (SSSR count). The molecule has 0 saturated heterocycles. The molecule has 0 atom stereocenters. The van der Waals surface area contributed by atoms with Crippen LogP contribution in [0, 0.1) is 6.92 Å². The van der Waals surface area contributed by atoms with E-state index in [1.54, 1.807) is 47.2 Å². The first kappa shape index (κ1) is 17.0. The SMILES string of the molecule is Cc1ccc(CSc2nncn2N=Cc2c(Cl)cccc2Cl)cc1. The first-order valence-corrected chi connectivity index (χ1v) is 8.94. The van der Waals surface area contributed by atoms with E-state index in [9.17, 15) is 0 Å². The van der Waals surface area contributed by atoms with Gasteiger partial charge in [0, 0.05) is 11.3 Å². The van der Waals surface area contributed by atoms with Crippen molar-refractivity contribution in [2.24, 2.45) is 5.10 Å². The molecule has 2 aromatic carbocycles. The van der Waals surface area contributed by atoms with Gasteiger partial charge < -0.3 is 0 Å². The predicted molar refractivity (Wildman–Crippen MR) is 100 cm³/mol. The highest BCUT2D eigenvalue weighted by molar-refractivity contribution is 7.98. The Bertz CT molecular complexity index is 839. The molecule has 0 aliphatic rings. The molecule has 0 bridgehead atoms. The van der Waals surface area contributed by atoms with Gasteiger partial charge in [0.25, 0.3) is 0 Å². The summed E-state index contributed by atoms with van der Waals surface area (Å²) in [5.41, 5.74) is 3.13. The van der Waals surface area contributed by atoms with Crippen LogP contribution in [-0.2, 0) is 5.75 Å². The molecule has 1 heterocycles. The van der Waals surface area contributed by atoms with E-state index in [-0.39, 0.29) is 0 Å². The van der Waals surface area contributed by atoms with E-state index < -0.39 is 0 Å². The summed E-state index contributed by atoms with van der Waals surface area (Å²) in [6.45, 7) is 2.07. The van der Waals surface area contributed by atoms with Crippen LogP contribution in [0.4, 0.5) is 0 Å². The molecule has 7 heteroatoms. The first-order chi connectivity index (χ1) is 11.6. The topological polar surface area (TPSA) is 43.1 Å². The van der Waals surface area contributed by atoms with Crippen molar-refractivity contribution in [3.05, 3.63) is 75.5 Å². The minimum Gasteiger partial charge on any atom is -0.195 e. The summed E-state index contributed by atoms with van der Waals surface area (Å²) in [6.07, 6.45) is 3.17. The van der Waals surface area contributed by atoms with Crippen molar-refractivity contribution in [3.8, 4) is 0 Å². The van der Waals surface area contributed by atoms with Crippen LogP contribution in [0.3, 0.4) is 0 Å². The number of rotatable bonds is 5. The summed E-state index contributed by atoms with van der Waals surface area (Å²) in [7, 11) is 0. The summed E-state index contributed by atoms with van der Waals surface area (Å²) >= 11 is 13.8. The zero-order chi connectivity index (χ0) is 16.9. The van der Waals surface area contributed by atoms with Gasteiger partial charge in [0.2, 0.25) is 5.16 Å². The maximum Gasteiger partial charge on any atom is 0.212 e. The largest absolute Gasteiger partial charge is 0.212 e. The summed E-state index contributed by atoms with van der Waals surface area (Å²) in [4.78, 5) is 0. The van der Waals surface area contributed by atoms with Crippen LogP contribution < -0.4 is 0 Å². The van der Waals surface area contributed by atoms with Crippen molar-refractivity contribution in [1.29, 1.82) is 0 Å². The van der Waals surface area contributed by atoms with Crippen LogP contribution in [0.25, 0.3) is 0 Å². The molecule has 24 heavy (non-hydrogen) atoms. The van der Waals surface area contributed by atoms with E-state index in [4.69, 9.17) is 23.2 Å². The number of benzene rings is 2. The highest BCUT2D eigenvalue weighted by Crippen LogP contribution is 2.23. The lowest BCUT2D eigenvalue weighted by Crippen LogP contribution is -1.94. The fraction of sp³-hybridized carbons (Fsp3) is 0.118. The molecule has 0 unspecified atom stereocenters. The number of aryl methyl sites for hydroxylation is 1. The molecule has 0 spiro atoms. The van der Waals surface area contributed by atoms with Crippen molar-refractivity contribution in [3.63, 3.8) is 0 Å². The van der Waals surface area contributed by atoms with Gasteiger partial charge in [-0.3, -0.25) is 0 Å². The van der Waals surface area contributed by atoms with Crippen molar-refractivity contribution >= 4 is 41.2 Å². The monoisotopic (exact) mass is 376 g/mol. The Morgan fingerprint density at radius 1 is 1.12 bits per heavy atom. The highest BCUT2D eigenvalue weighted by Gasteiger charge is 2.06. The Balaban J connectivity index is 1.73. The summed E-state index contributed by atoms with van der Waals surface area (Å²) in [5.74, 6) is 0.793. The van der Waals surface area contributed by atoms with Gasteiger partial charge >= 0.3 is 0 Å². The minimum absolute atomic E-state index is 0.549. The molecular formula is C17H14Cl2N4S. The minimum atomic E-state index is 0.549. The van der Waals surface area contributed by atoms with E-state index >= 15 is 0 Å². The maximum atomic E-state index is 6.14. The van der Waals surface area contributed by atoms with Crippen molar-refractivity contribution in [1.82, 2.24) is 14.9 Å². The lowest BCUT2D eigenvalue weighted by molar-refractivity contribution is 0.767. The molecule has 0 aliphatic carbocycles. The third kappa shape index (κ3) is 4.17. The van der Waals surface area contributed by atoms with Gasteiger partial charge in [-0.05, 0) is 24.6 Å². The van der Waals surface area contributed by atoms with E-state index in [0.717, 1.165) is 5.75 Å². The fourth-order valence-electron chi connectivity index (χ4n) is 1.98. The highest BCUT2D eigenvalue weighted by atomic mass is 35.5. The molecule has 3 aromatic rings. The zero-order valence-corrected chi connectivity index (χ0v) is 15.2. The quantitative estimate of drug-likeness (QED) is 0.461. The molecule has 0 saturated carbocycles. The molecule has 4 nitrogen and oxygen atoms in total. The van der Waals surface area contributed by atoms with Crippen LogP contribution in [0.2, 0.25) is 10.0 Å². The number of hydrogen-bond donors (Lipinski definition) is 0. The summed E-state index contributed by atoms with van der Waals surface area (Å²) < 4.78 is 1.61. The standard InChI is InChI=1S/C17H14Cl2N4S/c1-12-5-7-13(8-6-12)10-24-17-22-20-11-23(17)21-9-14-15(18)3-2-4-16(14)19/h2-9,11H,10H2,1H3. The number of hydrogen-bond acceptors (Lipinski definition) is 4. The van der Waals surface area contributed by atoms with E-state index in [1.807, 2.05) is 0 Å². The van der Waals surface area contributed by atoms with Crippen LogP contribution in [-0.4, -0.2) is 21.1 Å². The number of thioether (sulfide) groups is 1. The van der Waals surface area contributed by atoms with Crippen LogP contribution in [0.5, 0.6) is 0 Å². The Morgan fingerprint density at radius 3 is 2.54 bits per heavy atom. The lowest BCUT2D eigenvalue weighted by Gasteiger charge is -2.03. The van der Waals surface area contributed by atoms with Crippen LogP contribution >= 0.6 is 35.0 Å². The Labute approximate surface area is 154 Å². The second-order valence-electron chi connectivity index (χ2n) is 5.11. The molecule has 0 amide bonds. The van der Waals surface area contributed by atoms with Gasteiger partial charge in [0.05, 0.1) is 16.3 Å². The van der Waals surface area contributed by atoms with Crippen molar-refractivity contribution in [2.45, 2.75) is 17.8 Å². The molecule has 0 aliphatic heterocycles. The second-order valence-corrected chi connectivity index (χ2v) is 6.87. The molecular weight excluding hydrogens is 363 g/mol. The Hall–Kier alpha value is -1.82. The van der Waals surface area contributed by atoms with Gasteiger partial charge in [0.1, 0.15) is 6.33 Å². The van der Waals surface area contributed by atoms with Crippen LogP contribution in [0.1, 0.15) is 16.7 Å². The van der Waals surface area contributed by atoms with Gasteiger partial charge in [-0.15, -0.1) is 10.2 Å². The predicted octanol–water partition coefficient (Wildman–Crippen LogP) is 5.07. The molecule has 122 valence electrons. The Kier molecular flexibility index (Phi) is 5.56. The van der Waals surface area contributed by atoms with E-state index in [1.165, 1.54) is 11.1 Å². The van der Waals surface area contributed by atoms with E-state index in [0.29, 0.717) is 20.8 Å². The molecule has 0 fully saturated rings.